The fourth-order valence-corrected chi connectivity index (χ4v) is 4.26. The Labute approximate surface area is 119 Å². The van der Waals surface area contributed by atoms with Crippen molar-refractivity contribution in [3.63, 3.8) is 0 Å². The molecule has 1 aromatic heterocycles. The van der Waals surface area contributed by atoms with Gasteiger partial charge in [-0.15, -0.1) is 11.3 Å². The summed E-state index contributed by atoms with van der Waals surface area (Å²) in [6.45, 7) is 7.00. The van der Waals surface area contributed by atoms with E-state index in [2.05, 4.69) is 10.0 Å². The van der Waals surface area contributed by atoms with Gasteiger partial charge in [0.05, 0.1) is 17.6 Å². The van der Waals surface area contributed by atoms with Crippen LogP contribution in [0.5, 0.6) is 0 Å². The number of rotatable bonds is 8. The number of sulfonamides is 1. The largest absolute Gasteiger partial charge is 0.377 e. The van der Waals surface area contributed by atoms with Crippen molar-refractivity contribution in [3.05, 3.63) is 15.8 Å². The number of nitrogens with one attached hydrogen (secondary N) is 2. The summed E-state index contributed by atoms with van der Waals surface area (Å²) in [5.74, 6) is 0. The van der Waals surface area contributed by atoms with Crippen LogP contribution in [0.15, 0.2) is 11.0 Å². The maximum atomic E-state index is 12.1. The van der Waals surface area contributed by atoms with E-state index in [9.17, 15) is 8.42 Å². The molecule has 0 atom stereocenters. The van der Waals surface area contributed by atoms with Gasteiger partial charge in [0, 0.05) is 22.8 Å². The van der Waals surface area contributed by atoms with Gasteiger partial charge in [0.1, 0.15) is 0 Å². The van der Waals surface area contributed by atoms with Crippen LogP contribution < -0.4 is 10.0 Å². The second kappa shape index (κ2) is 7.35. The van der Waals surface area contributed by atoms with Crippen LogP contribution in [-0.4, -0.2) is 34.7 Å². The molecule has 1 aromatic rings. The molecular weight excluding hydrogens is 284 g/mol. The van der Waals surface area contributed by atoms with Crippen molar-refractivity contribution in [1.82, 2.24) is 10.0 Å². The number of hydrogen-bond acceptors (Lipinski definition) is 5. The lowest BCUT2D eigenvalue weighted by Gasteiger charge is -2.09. The van der Waals surface area contributed by atoms with Gasteiger partial charge in [-0.2, -0.15) is 0 Å². The molecule has 2 N–H and O–H groups in total. The van der Waals surface area contributed by atoms with E-state index in [4.69, 9.17) is 4.74 Å². The first kappa shape index (κ1) is 16.6. The van der Waals surface area contributed by atoms with Crippen molar-refractivity contribution in [2.45, 2.75) is 38.3 Å². The van der Waals surface area contributed by atoms with Gasteiger partial charge >= 0.3 is 0 Å². The molecule has 110 valence electrons. The van der Waals surface area contributed by atoms with Gasteiger partial charge in [0.15, 0.2) is 0 Å². The Morgan fingerprint density at radius 2 is 2.11 bits per heavy atom. The molecule has 0 saturated heterocycles. The lowest BCUT2D eigenvalue weighted by Crippen LogP contribution is -2.28. The Morgan fingerprint density at radius 3 is 2.68 bits per heavy atom. The first-order chi connectivity index (χ1) is 8.86. The van der Waals surface area contributed by atoms with Gasteiger partial charge in [0.25, 0.3) is 0 Å². The molecule has 5 nitrogen and oxygen atoms in total. The molecule has 0 saturated carbocycles. The Bertz CT molecular complexity index is 495. The molecule has 0 aliphatic carbocycles. The highest BCUT2D eigenvalue weighted by Gasteiger charge is 2.19. The molecule has 1 rings (SSSR count). The standard InChI is InChI=1S/C12H22N2O3S2/c1-9(2)17-6-5-14-19(15,16)12-7-11(8-13-4)18-10(12)3/h7,9,13-14H,5-6,8H2,1-4H3. The predicted octanol–water partition coefficient (Wildman–Crippen LogP) is 1.48. The predicted molar refractivity (Wildman–Crippen MR) is 78.1 cm³/mol. The molecule has 0 spiro atoms. The summed E-state index contributed by atoms with van der Waals surface area (Å²) in [6, 6.07) is 1.72. The Hall–Kier alpha value is -0.470. The molecule has 0 unspecified atom stereocenters. The molecule has 0 bridgehead atoms. The minimum atomic E-state index is -3.43. The molecule has 0 radical (unpaired) electrons. The monoisotopic (exact) mass is 306 g/mol. The zero-order valence-corrected chi connectivity index (χ0v) is 13.5. The quantitative estimate of drug-likeness (QED) is 0.714. The third-order valence-corrected chi connectivity index (χ3v) is 5.18. The van der Waals surface area contributed by atoms with Gasteiger partial charge in [-0.05, 0) is 33.9 Å². The molecule has 0 aliphatic rings. The third-order valence-electron chi connectivity index (χ3n) is 2.41. The molecule has 7 heteroatoms. The van der Waals surface area contributed by atoms with Crippen molar-refractivity contribution in [1.29, 1.82) is 0 Å². The topological polar surface area (TPSA) is 67.4 Å². The normalized spacial score (nSPS) is 12.3. The minimum absolute atomic E-state index is 0.106. The molecule has 1 heterocycles. The van der Waals surface area contributed by atoms with E-state index in [1.807, 2.05) is 27.8 Å². The maximum absolute atomic E-state index is 12.1. The molecule has 0 fully saturated rings. The van der Waals surface area contributed by atoms with Crippen LogP contribution >= 0.6 is 11.3 Å². The number of hydrogen-bond donors (Lipinski definition) is 2. The zero-order valence-electron chi connectivity index (χ0n) is 11.8. The van der Waals surface area contributed by atoms with Crippen molar-refractivity contribution in [3.8, 4) is 0 Å². The van der Waals surface area contributed by atoms with Gasteiger partial charge in [-0.1, -0.05) is 0 Å². The molecule has 0 aromatic carbocycles. The van der Waals surface area contributed by atoms with Gasteiger partial charge in [0.2, 0.25) is 10.0 Å². The smallest absolute Gasteiger partial charge is 0.241 e. The first-order valence-corrected chi connectivity index (χ1v) is 8.52. The highest BCUT2D eigenvalue weighted by molar-refractivity contribution is 7.89. The minimum Gasteiger partial charge on any atom is -0.377 e. The molecule has 0 amide bonds. The van der Waals surface area contributed by atoms with Gasteiger partial charge in [-0.25, -0.2) is 13.1 Å². The van der Waals surface area contributed by atoms with E-state index >= 15 is 0 Å². The molecule has 19 heavy (non-hydrogen) atoms. The SMILES string of the molecule is CNCc1cc(S(=O)(=O)NCCOC(C)C)c(C)s1. The van der Waals surface area contributed by atoms with E-state index in [0.29, 0.717) is 18.0 Å². The van der Waals surface area contributed by atoms with Crippen LogP contribution in [0.3, 0.4) is 0 Å². The average Bonchev–Trinajstić information content (AvgIpc) is 2.67. The average molecular weight is 306 g/mol. The maximum Gasteiger partial charge on any atom is 0.241 e. The zero-order chi connectivity index (χ0) is 14.5. The molecular formula is C12H22N2O3S2. The summed E-state index contributed by atoms with van der Waals surface area (Å²) < 4.78 is 32.1. The molecule has 0 aliphatic heterocycles. The lowest BCUT2D eigenvalue weighted by molar-refractivity contribution is 0.0834. The highest BCUT2D eigenvalue weighted by atomic mass is 32.2. The summed E-state index contributed by atoms with van der Waals surface area (Å²) >= 11 is 1.50. The highest BCUT2D eigenvalue weighted by Crippen LogP contribution is 2.25. The summed E-state index contributed by atoms with van der Waals surface area (Å²) in [7, 11) is -1.60. The van der Waals surface area contributed by atoms with E-state index in [-0.39, 0.29) is 12.6 Å². The van der Waals surface area contributed by atoms with Gasteiger partial charge < -0.3 is 10.1 Å². The number of aryl methyl sites for hydroxylation is 1. The van der Waals surface area contributed by atoms with E-state index in [1.165, 1.54) is 11.3 Å². The number of ether oxygens (including phenoxy) is 1. The van der Waals surface area contributed by atoms with E-state index < -0.39 is 10.0 Å². The van der Waals surface area contributed by atoms with Crippen LogP contribution in [0.2, 0.25) is 0 Å². The van der Waals surface area contributed by atoms with Crippen LogP contribution in [0.1, 0.15) is 23.6 Å². The van der Waals surface area contributed by atoms with Crippen molar-refractivity contribution in [2.75, 3.05) is 20.2 Å². The fraction of sp³-hybridized carbons (Fsp3) is 0.667. The Kier molecular flexibility index (Phi) is 6.41. The van der Waals surface area contributed by atoms with Crippen molar-refractivity contribution < 1.29 is 13.2 Å². The van der Waals surface area contributed by atoms with E-state index in [0.717, 1.165) is 9.75 Å². The summed E-state index contributed by atoms with van der Waals surface area (Å²) in [4.78, 5) is 2.19. The van der Waals surface area contributed by atoms with Crippen molar-refractivity contribution >= 4 is 21.4 Å². The second-order valence-electron chi connectivity index (χ2n) is 4.48. The van der Waals surface area contributed by atoms with Crippen molar-refractivity contribution in [2.24, 2.45) is 0 Å². The Morgan fingerprint density at radius 1 is 1.42 bits per heavy atom. The first-order valence-electron chi connectivity index (χ1n) is 6.22. The summed E-state index contributed by atoms with van der Waals surface area (Å²) in [6.07, 6.45) is 0.106. The van der Waals surface area contributed by atoms with E-state index in [1.54, 1.807) is 6.07 Å². The second-order valence-corrected chi connectivity index (χ2v) is 7.56. The van der Waals surface area contributed by atoms with Crippen LogP contribution in [0, 0.1) is 6.92 Å². The third kappa shape index (κ3) is 5.19. The van der Waals surface area contributed by atoms with Crippen LogP contribution in [0.4, 0.5) is 0 Å². The lowest BCUT2D eigenvalue weighted by atomic mass is 10.4. The van der Waals surface area contributed by atoms with Crippen LogP contribution in [0.25, 0.3) is 0 Å². The summed E-state index contributed by atoms with van der Waals surface area (Å²) in [5, 5.41) is 3.02. The van der Waals surface area contributed by atoms with Gasteiger partial charge in [-0.3, -0.25) is 0 Å². The van der Waals surface area contributed by atoms with Crippen LogP contribution in [-0.2, 0) is 21.3 Å². The number of thiophene rings is 1. The summed E-state index contributed by atoms with van der Waals surface area (Å²) in [5.41, 5.74) is 0. The fourth-order valence-electron chi connectivity index (χ4n) is 1.60. The Balaban J connectivity index is 2.66.